The number of piperidine rings is 1. The lowest BCUT2D eigenvalue weighted by atomic mass is 10.0. The lowest BCUT2D eigenvalue weighted by molar-refractivity contribution is -0.137. The Morgan fingerprint density at radius 3 is 2.64 bits per heavy atom. The molecule has 25 heavy (non-hydrogen) atoms. The van der Waals surface area contributed by atoms with Gasteiger partial charge < -0.3 is 5.32 Å². The molecule has 0 amide bonds. The van der Waals surface area contributed by atoms with E-state index < -0.39 is 11.7 Å². The van der Waals surface area contributed by atoms with E-state index >= 15 is 0 Å². The van der Waals surface area contributed by atoms with E-state index in [4.69, 9.17) is 0 Å². The molecule has 0 saturated carbocycles. The lowest BCUT2D eigenvalue weighted by Crippen LogP contribution is -2.43. The van der Waals surface area contributed by atoms with E-state index in [0.717, 1.165) is 55.0 Å². The maximum Gasteiger partial charge on any atom is 0.416 e. The average molecular weight is 375 g/mol. The summed E-state index contributed by atoms with van der Waals surface area (Å²) in [6.07, 6.45) is -0.246. The number of likely N-dealkylation sites (N-methyl/N-ethyl adjacent to an activating group) is 1. The van der Waals surface area contributed by atoms with Crippen molar-refractivity contribution in [3.05, 3.63) is 41.6 Å². The smallest absolute Gasteiger partial charge is 0.316 e. The van der Waals surface area contributed by atoms with Gasteiger partial charge >= 0.3 is 6.18 Å². The first-order valence-electron chi connectivity index (χ1n) is 8.07. The van der Waals surface area contributed by atoms with E-state index in [-0.39, 0.29) is 12.4 Å². The van der Waals surface area contributed by atoms with Gasteiger partial charge in [0, 0.05) is 24.7 Å². The number of nitrogens with zero attached hydrogens (tertiary/aromatic N) is 2. The molecule has 1 aliphatic rings. The van der Waals surface area contributed by atoms with E-state index in [9.17, 15) is 13.2 Å². The number of H-pyrrole nitrogens is 1. The summed E-state index contributed by atoms with van der Waals surface area (Å²) in [5.41, 5.74) is 1.87. The molecule has 0 aliphatic carbocycles. The van der Waals surface area contributed by atoms with Crippen LogP contribution in [0.1, 0.15) is 24.0 Å². The second kappa shape index (κ2) is 8.21. The second-order valence-electron chi connectivity index (χ2n) is 6.21. The third-order valence-corrected chi connectivity index (χ3v) is 4.53. The van der Waals surface area contributed by atoms with E-state index in [1.54, 1.807) is 6.20 Å². The van der Waals surface area contributed by atoms with Crippen molar-refractivity contribution in [1.29, 1.82) is 0 Å². The summed E-state index contributed by atoms with van der Waals surface area (Å²) >= 11 is 0. The second-order valence-corrected chi connectivity index (χ2v) is 6.21. The molecule has 1 unspecified atom stereocenters. The number of rotatable bonds is 4. The highest BCUT2D eigenvalue weighted by molar-refractivity contribution is 5.85. The monoisotopic (exact) mass is 374 g/mol. The summed E-state index contributed by atoms with van der Waals surface area (Å²) in [6.45, 7) is 2.73. The minimum Gasteiger partial charge on any atom is -0.316 e. The minimum absolute atomic E-state index is 0. The van der Waals surface area contributed by atoms with Crippen LogP contribution in [-0.4, -0.2) is 41.3 Å². The van der Waals surface area contributed by atoms with Crippen LogP contribution in [0.3, 0.4) is 0 Å². The van der Waals surface area contributed by atoms with Gasteiger partial charge in [-0.25, -0.2) is 0 Å². The Kier molecular flexibility index (Phi) is 6.48. The van der Waals surface area contributed by atoms with Gasteiger partial charge in [0.05, 0.1) is 17.5 Å². The van der Waals surface area contributed by atoms with Gasteiger partial charge in [-0.15, -0.1) is 12.4 Å². The topological polar surface area (TPSA) is 44.0 Å². The van der Waals surface area contributed by atoms with Crippen molar-refractivity contribution in [2.45, 2.75) is 31.6 Å². The third kappa shape index (κ3) is 4.74. The molecule has 1 fully saturated rings. The number of likely N-dealkylation sites (tertiary alicyclic amines) is 1. The summed E-state index contributed by atoms with van der Waals surface area (Å²) in [7, 11) is 1.97. The van der Waals surface area contributed by atoms with Crippen molar-refractivity contribution in [2.75, 3.05) is 20.1 Å². The molecular formula is C17H22ClF3N4. The molecule has 0 spiro atoms. The first kappa shape index (κ1) is 19.8. The van der Waals surface area contributed by atoms with Crippen LogP contribution in [0.15, 0.2) is 30.5 Å². The molecule has 1 aliphatic heterocycles. The van der Waals surface area contributed by atoms with E-state index in [1.807, 2.05) is 7.05 Å². The Labute approximate surface area is 151 Å². The molecule has 2 heterocycles. The molecule has 2 aromatic rings. The number of benzene rings is 1. The maximum atomic E-state index is 12.7. The van der Waals surface area contributed by atoms with Crippen LogP contribution in [-0.2, 0) is 12.7 Å². The highest BCUT2D eigenvalue weighted by Gasteiger charge is 2.30. The highest BCUT2D eigenvalue weighted by atomic mass is 35.5. The van der Waals surface area contributed by atoms with Gasteiger partial charge in [0.15, 0.2) is 0 Å². The Balaban J connectivity index is 0.00000225. The largest absolute Gasteiger partial charge is 0.416 e. The van der Waals surface area contributed by atoms with Gasteiger partial charge in [-0.05, 0) is 44.1 Å². The van der Waals surface area contributed by atoms with Crippen LogP contribution in [0, 0.1) is 0 Å². The third-order valence-electron chi connectivity index (χ3n) is 4.53. The van der Waals surface area contributed by atoms with Crippen molar-refractivity contribution in [1.82, 2.24) is 20.4 Å². The van der Waals surface area contributed by atoms with E-state index in [1.165, 1.54) is 18.6 Å². The fraction of sp³-hybridized carbons (Fsp3) is 0.471. The zero-order valence-electron chi connectivity index (χ0n) is 13.9. The summed E-state index contributed by atoms with van der Waals surface area (Å²) in [6, 6.07) is 5.69. The molecule has 3 rings (SSSR count). The van der Waals surface area contributed by atoms with Gasteiger partial charge in [-0.3, -0.25) is 10.00 Å². The zero-order valence-corrected chi connectivity index (χ0v) is 14.8. The van der Waals surface area contributed by atoms with Gasteiger partial charge in [-0.2, -0.15) is 18.3 Å². The number of aromatic amines is 1. The number of aromatic nitrogens is 2. The van der Waals surface area contributed by atoms with Crippen LogP contribution >= 0.6 is 12.4 Å². The number of alkyl halides is 3. The molecule has 1 atom stereocenters. The number of halogens is 4. The van der Waals surface area contributed by atoms with E-state index in [0.29, 0.717) is 6.04 Å². The van der Waals surface area contributed by atoms with Crippen LogP contribution in [0.2, 0.25) is 0 Å². The average Bonchev–Trinajstić information content (AvgIpc) is 3.02. The fourth-order valence-electron chi connectivity index (χ4n) is 3.18. The van der Waals surface area contributed by atoms with Crippen molar-refractivity contribution < 1.29 is 13.2 Å². The van der Waals surface area contributed by atoms with E-state index in [2.05, 4.69) is 20.4 Å². The quantitative estimate of drug-likeness (QED) is 0.857. The lowest BCUT2D eigenvalue weighted by Gasteiger charge is -2.32. The summed E-state index contributed by atoms with van der Waals surface area (Å²) in [5.74, 6) is 0. The van der Waals surface area contributed by atoms with Crippen LogP contribution in [0.25, 0.3) is 11.3 Å². The molecule has 0 bridgehead atoms. The number of nitrogens with one attached hydrogen (secondary N) is 2. The maximum absolute atomic E-state index is 12.7. The summed E-state index contributed by atoms with van der Waals surface area (Å²) in [5, 5.41) is 10.3. The normalized spacial score (nSPS) is 18.8. The first-order valence-corrected chi connectivity index (χ1v) is 8.07. The molecule has 2 N–H and O–H groups in total. The van der Waals surface area contributed by atoms with Crippen molar-refractivity contribution in [3.8, 4) is 11.3 Å². The molecule has 1 aromatic heterocycles. The SMILES string of the molecule is CNC1CCCN(Cc2cn[nH]c2-c2ccc(C(F)(F)F)cc2)C1.Cl. The van der Waals surface area contributed by atoms with Crippen LogP contribution < -0.4 is 5.32 Å². The van der Waals surface area contributed by atoms with Crippen LogP contribution in [0.4, 0.5) is 13.2 Å². The minimum atomic E-state index is -4.31. The Morgan fingerprint density at radius 2 is 2.00 bits per heavy atom. The van der Waals surface area contributed by atoms with Gasteiger partial charge in [0.2, 0.25) is 0 Å². The van der Waals surface area contributed by atoms with Gasteiger partial charge in [-0.1, -0.05) is 12.1 Å². The molecule has 4 nitrogen and oxygen atoms in total. The van der Waals surface area contributed by atoms with Gasteiger partial charge in [0.25, 0.3) is 0 Å². The molecule has 138 valence electrons. The van der Waals surface area contributed by atoms with Crippen molar-refractivity contribution in [2.24, 2.45) is 0 Å². The summed E-state index contributed by atoms with van der Waals surface area (Å²) in [4.78, 5) is 2.35. The zero-order chi connectivity index (χ0) is 17.2. The molecular weight excluding hydrogens is 353 g/mol. The molecule has 8 heteroatoms. The first-order chi connectivity index (χ1) is 11.5. The molecule has 1 aromatic carbocycles. The fourth-order valence-corrected chi connectivity index (χ4v) is 3.18. The van der Waals surface area contributed by atoms with Crippen molar-refractivity contribution in [3.63, 3.8) is 0 Å². The van der Waals surface area contributed by atoms with Gasteiger partial charge in [0.1, 0.15) is 0 Å². The summed E-state index contributed by atoms with van der Waals surface area (Å²) < 4.78 is 38.1. The Bertz CT molecular complexity index is 669. The number of hydrogen-bond donors (Lipinski definition) is 2. The Morgan fingerprint density at radius 1 is 1.28 bits per heavy atom. The van der Waals surface area contributed by atoms with Crippen LogP contribution in [0.5, 0.6) is 0 Å². The van der Waals surface area contributed by atoms with Crippen molar-refractivity contribution >= 4 is 12.4 Å². The molecule has 0 radical (unpaired) electrons. The molecule has 1 saturated heterocycles. The predicted octanol–water partition coefficient (Wildman–Crippen LogP) is 3.70. The number of hydrogen-bond acceptors (Lipinski definition) is 3. The standard InChI is InChI=1S/C17H21F3N4.ClH/c1-21-15-3-2-8-24(11-15)10-13-9-22-23-16(13)12-4-6-14(7-5-12)17(18,19)20;/h4-7,9,15,21H,2-3,8,10-11H2,1H3,(H,22,23);1H. The highest BCUT2D eigenvalue weighted by Crippen LogP contribution is 2.31. The Hall–Kier alpha value is -1.57. The predicted molar refractivity (Wildman–Crippen MR) is 93.6 cm³/mol.